The Hall–Kier alpha value is -1.55. The first kappa shape index (κ1) is 15.8. The number of hydrogen-bond acceptors (Lipinski definition) is 3. The van der Waals surface area contributed by atoms with E-state index in [4.69, 9.17) is 4.74 Å². The fourth-order valence-corrected chi connectivity index (χ4v) is 2.90. The van der Waals surface area contributed by atoms with Gasteiger partial charge in [0.15, 0.2) is 0 Å². The van der Waals surface area contributed by atoms with E-state index in [-0.39, 0.29) is 11.3 Å². The average molecular weight is 290 g/mol. The largest absolute Gasteiger partial charge is 0.382 e. The van der Waals surface area contributed by atoms with Gasteiger partial charge in [-0.3, -0.25) is 4.79 Å². The summed E-state index contributed by atoms with van der Waals surface area (Å²) in [6.07, 6.45) is 1.37. The Kier molecular flexibility index (Phi) is 4.57. The van der Waals surface area contributed by atoms with Crippen LogP contribution >= 0.6 is 0 Å². The highest BCUT2D eigenvalue weighted by molar-refractivity contribution is 5.89. The minimum Gasteiger partial charge on any atom is -0.382 e. The summed E-state index contributed by atoms with van der Waals surface area (Å²) in [6, 6.07) is 6.46. The van der Waals surface area contributed by atoms with E-state index in [2.05, 4.69) is 30.5 Å². The molecule has 1 aromatic rings. The summed E-state index contributed by atoms with van der Waals surface area (Å²) in [6.45, 7) is 10.8. The van der Waals surface area contributed by atoms with Crippen LogP contribution in [0.15, 0.2) is 18.2 Å². The normalized spacial score (nSPS) is 23.3. The van der Waals surface area contributed by atoms with E-state index < -0.39 is 0 Å². The van der Waals surface area contributed by atoms with Gasteiger partial charge in [-0.2, -0.15) is 0 Å². The summed E-state index contributed by atoms with van der Waals surface area (Å²) < 4.78 is 5.76. The predicted molar refractivity (Wildman–Crippen MR) is 86.7 cm³/mol. The second-order valence-electron chi connectivity index (χ2n) is 6.41. The molecule has 0 radical (unpaired) electrons. The highest BCUT2D eigenvalue weighted by Gasteiger charge is 2.48. The summed E-state index contributed by atoms with van der Waals surface area (Å²) in [7, 11) is 0. The molecule has 0 heterocycles. The summed E-state index contributed by atoms with van der Waals surface area (Å²) in [5, 5.41) is 6.42. The fraction of sp³-hybridized carbons (Fsp3) is 0.588. The zero-order valence-corrected chi connectivity index (χ0v) is 13.6. The van der Waals surface area contributed by atoms with Crippen LogP contribution < -0.4 is 10.6 Å². The van der Waals surface area contributed by atoms with Crippen LogP contribution in [0.1, 0.15) is 39.7 Å². The van der Waals surface area contributed by atoms with Crippen molar-refractivity contribution in [2.75, 3.05) is 17.2 Å². The van der Waals surface area contributed by atoms with E-state index in [9.17, 15) is 4.79 Å². The van der Waals surface area contributed by atoms with Gasteiger partial charge in [0.2, 0.25) is 5.91 Å². The maximum atomic E-state index is 11.1. The number of anilines is 2. The van der Waals surface area contributed by atoms with Crippen molar-refractivity contribution in [1.29, 1.82) is 0 Å². The molecule has 2 N–H and O–H groups in total. The molecule has 2 unspecified atom stereocenters. The molecule has 2 rings (SSSR count). The number of carbonyl (C=O) groups excluding carboxylic acids is 1. The number of benzene rings is 1. The molecule has 1 aliphatic rings. The highest BCUT2D eigenvalue weighted by atomic mass is 16.5. The Morgan fingerprint density at radius 3 is 2.67 bits per heavy atom. The number of aryl methyl sites for hydroxylation is 1. The third kappa shape index (κ3) is 3.38. The quantitative estimate of drug-likeness (QED) is 0.871. The Morgan fingerprint density at radius 1 is 1.43 bits per heavy atom. The Morgan fingerprint density at radius 2 is 2.14 bits per heavy atom. The lowest BCUT2D eigenvalue weighted by Gasteiger charge is -2.52. The lowest BCUT2D eigenvalue weighted by molar-refractivity contribution is -0.114. The van der Waals surface area contributed by atoms with Gasteiger partial charge < -0.3 is 15.4 Å². The minimum atomic E-state index is -0.0431. The average Bonchev–Trinajstić information content (AvgIpc) is 2.40. The van der Waals surface area contributed by atoms with Crippen molar-refractivity contribution >= 4 is 17.3 Å². The van der Waals surface area contributed by atoms with E-state index in [0.717, 1.165) is 30.0 Å². The number of rotatable bonds is 5. The number of amides is 1. The number of ether oxygens (including phenoxy) is 1. The lowest BCUT2D eigenvalue weighted by Crippen LogP contribution is -2.58. The number of nitrogens with one attached hydrogen (secondary N) is 2. The monoisotopic (exact) mass is 290 g/mol. The molecule has 0 aromatic heterocycles. The molecular weight excluding hydrogens is 264 g/mol. The van der Waals surface area contributed by atoms with Crippen LogP contribution in [0.5, 0.6) is 0 Å². The second-order valence-corrected chi connectivity index (χ2v) is 6.41. The van der Waals surface area contributed by atoms with Crippen LogP contribution in [-0.4, -0.2) is 24.7 Å². The van der Waals surface area contributed by atoms with Gasteiger partial charge in [0.1, 0.15) is 0 Å². The molecule has 1 fully saturated rings. The van der Waals surface area contributed by atoms with Crippen molar-refractivity contribution in [2.45, 2.75) is 53.2 Å². The maximum Gasteiger partial charge on any atom is 0.221 e. The van der Waals surface area contributed by atoms with E-state index in [0.29, 0.717) is 12.1 Å². The summed E-state index contributed by atoms with van der Waals surface area (Å²) in [4.78, 5) is 11.1. The summed E-state index contributed by atoms with van der Waals surface area (Å²) >= 11 is 0. The molecule has 4 nitrogen and oxygen atoms in total. The molecule has 2 atom stereocenters. The molecule has 1 saturated carbocycles. The molecule has 4 heteroatoms. The van der Waals surface area contributed by atoms with Gasteiger partial charge in [0.25, 0.3) is 0 Å². The first-order valence-electron chi connectivity index (χ1n) is 7.61. The van der Waals surface area contributed by atoms with Gasteiger partial charge in [-0.1, -0.05) is 13.8 Å². The van der Waals surface area contributed by atoms with Crippen LogP contribution in [0.3, 0.4) is 0 Å². The molecule has 116 valence electrons. The third-order valence-corrected chi connectivity index (χ3v) is 4.42. The molecule has 1 amide bonds. The SMILES string of the molecule is CCOC1CC(Nc2ccc(NC(C)=O)c(C)c2)C1(C)C. The Balaban J connectivity index is 2.01. The smallest absolute Gasteiger partial charge is 0.221 e. The van der Waals surface area contributed by atoms with Gasteiger partial charge >= 0.3 is 0 Å². The Bertz CT molecular complexity index is 526. The van der Waals surface area contributed by atoms with Crippen molar-refractivity contribution in [2.24, 2.45) is 5.41 Å². The standard InChI is InChI=1S/C17H26N2O2/c1-6-21-16-10-15(17(16,4)5)19-13-7-8-14(11(2)9-13)18-12(3)20/h7-9,15-16,19H,6,10H2,1-5H3,(H,18,20). The Labute approximate surface area is 127 Å². The molecule has 0 saturated heterocycles. The van der Waals surface area contributed by atoms with Crippen molar-refractivity contribution in [1.82, 2.24) is 0 Å². The maximum absolute atomic E-state index is 11.1. The van der Waals surface area contributed by atoms with Gasteiger partial charge in [-0.05, 0) is 44.0 Å². The molecule has 1 aliphatic carbocycles. The number of carbonyl (C=O) groups is 1. The van der Waals surface area contributed by atoms with Crippen molar-refractivity contribution in [3.8, 4) is 0 Å². The molecule has 21 heavy (non-hydrogen) atoms. The topological polar surface area (TPSA) is 50.4 Å². The molecule has 1 aromatic carbocycles. The van der Waals surface area contributed by atoms with E-state index in [1.165, 1.54) is 6.92 Å². The molecule has 0 bridgehead atoms. The van der Waals surface area contributed by atoms with Crippen LogP contribution in [0, 0.1) is 12.3 Å². The molecule has 0 spiro atoms. The van der Waals surface area contributed by atoms with E-state index in [1.54, 1.807) is 0 Å². The second kappa shape index (κ2) is 6.06. The van der Waals surface area contributed by atoms with E-state index >= 15 is 0 Å². The van der Waals surface area contributed by atoms with Crippen molar-refractivity contribution < 1.29 is 9.53 Å². The van der Waals surface area contributed by atoms with E-state index in [1.807, 2.05) is 26.0 Å². The van der Waals surface area contributed by atoms with Gasteiger partial charge in [-0.15, -0.1) is 0 Å². The van der Waals surface area contributed by atoms with Crippen LogP contribution in [0.25, 0.3) is 0 Å². The third-order valence-electron chi connectivity index (χ3n) is 4.42. The lowest BCUT2D eigenvalue weighted by atomic mass is 9.64. The zero-order valence-electron chi connectivity index (χ0n) is 13.6. The first-order valence-corrected chi connectivity index (χ1v) is 7.61. The van der Waals surface area contributed by atoms with Gasteiger partial charge in [0, 0.05) is 36.4 Å². The van der Waals surface area contributed by atoms with Crippen molar-refractivity contribution in [3.63, 3.8) is 0 Å². The van der Waals surface area contributed by atoms with Crippen LogP contribution in [0.2, 0.25) is 0 Å². The van der Waals surface area contributed by atoms with Gasteiger partial charge in [0.05, 0.1) is 6.10 Å². The minimum absolute atomic E-state index is 0.0431. The summed E-state index contributed by atoms with van der Waals surface area (Å²) in [5.41, 5.74) is 3.16. The van der Waals surface area contributed by atoms with Crippen molar-refractivity contribution in [3.05, 3.63) is 23.8 Å². The predicted octanol–water partition coefficient (Wildman–Crippen LogP) is 3.57. The zero-order chi connectivity index (χ0) is 15.6. The van der Waals surface area contributed by atoms with Crippen LogP contribution in [-0.2, 0) is 9.53 Å². The van der Waals surface area contributed by atoms with Crippen LogP contribution in [0.4, 0.5) is 11.4 Å². The molecule has 0 aliphatic heterocycles. The first-order chi connectivity index (χ1) is 9.84. The number of hydrogen-bond donors (Lipinski definition) is 2. The summed E-state index contributed by atoms with van der Waals surface area (Å²) in [5.74, 6) is -0.0431. The highest BCUT2D eigenvalue weighted by Crippen LogP contribution is 2.44. The molecular formula is C17H26N2O2. The fourth-order valence-electron chi connectivity index (χ4n) is 2.90. The van der Waals surface area contributed by atoms with Gasteiger partial charge in [-0.25, -0.2) is 0 Å².